The van der Waals surface area contributed by atoms with Crippen molar-refractivity contribution in [1.82, 2.24) is 15.3 Å². The molecule has 1 rings (SSSR count). The standard InChI is InChI=1S/C16H23N3O5S/c1-4-5-8-25-9-12(15(22)24-3)18-13(20)7-6-11-10(2)17-16(23)19-14(11)21/h6-7,12H,4-5,8-9H2,1-3H3,(H,18,20)(H2,17,19,21,23)/b7-6-/t12-/m1/s1. The Morgan fingerprint density at radius 2 is 2.04 bits per heavy atom. The first-order valence-corrected chi connectivity index (χ1v) is 9.01. The Hall–Kier alpha value is -2.29. The monoisotopic (exact) mass is 369 g/mol. The van der Waals surface area contributed by atoms with Crippen LogP contribution in [0, 0.1) is 6.92 Å². The van der Waals surface area contributed by atoms with Crippen molar-refractivity contribution in [3.05, 3.63) is 38.2 Å². The molecule has 9 heteroatoms. The minimum Gasteiger partial charge on any atom is -0.467 e. The Kier molecular flexibility index (Phi) is 8.76. The molecule has 0 fully saturated rings. The number of carbonyl (C=O) groups excluding carboxylic acids is 2. The number of carbonyl (C=O) groups is 2. The predicted octanol–water partition coefficient (Wildman–Crippen LogP) is 0.576. The van der Waals surface area contributed by atoms with Crippen molar-refractivity contribution in [2.75, 3.05) is 18.6 Å². The van der Waals surface area contributed by atoms with Gasteiger partial charge in [0.05, 0.1) is 12.7 Å². The second-order valence-electron chi connectivity index (χ2n) is 5.29. The number of aromatic amines is 2. The summed E-state index contributed by atoms with van der Waals surface area (Å²) in [6, 6.07) is -0.765. The third kappa shape index (κ3) is 7.00. The number of unbranched alkanes of at least 4 members (excludes halogenated alkanes) is 1. The van der Waals surface area contributed by atoms with E-state index in [0.29, 0.717) is 11.4 Å². The van der Waals surface area contributed by atoms with Crippen molar-refractivity contribution in [2.45, 2.75) is 32.7 Å². The smallest absolute Gasteiger partial charge is 0.329 e. The van der Waals surface area contributed by atoms with E-state index >= 15 is 0 Å². The third-order valence-corrected chi connectivity index (χ3v) is 4.45. The van der Waals surface area contributed by atoms with Gasteiger partial charge in [-0.2, -0.15) is 11.8 Å². The van der Waals surface area contributed by atoms with E-state index in [1.807, 2.05) is 0 Å². The van der Waals surface area contributed by atoms with E-state index < -0.39 is 29.2 Å². The molecule has 1 aromatic rings. The molecule has 25 heavy (non-hydrogen) atoms. The fourth-order valence-corrected chi connectivity index (χ4v) is 3.06. The van der Waals surface area contributed by atoms with Gasteiger partial charge >= 0.3 is 11.7 Å². The highest BCUT2D eigenvalue weighted by Crippen LogP contribution is 2.08. The van der Waals surface area contributed by atoms with E-state index in [2.05, 4.69) is 22.2 Å². The number of esters is 1. The van der Waals surface area contributed by atoms with Gasteiger partial charge in [0.25, 0.3) is 5.56 Å². The van der Waals surface area contributed by atoms with Crippen molar-refractivity contribution < 1.29 is 14.3 Å². The van der Waals surface area contributed by atoms with Gasteiger partial charge in [-0.15, -0.1) is 0 Å². The lowest BCUT2D eigenvalue weighted by atomic mass is 10.2. The molecule has 0 spiro atoms. The van der Waals surface area contributed by atoms with Crippen LogP contribution < -0.4 is 16.6 Å². The Labute approximate surface area is 149 Å². The third-order valence-electron chi connectivity index (χ3n) is 3.31. The van der Waals surface area contributed by atoms with Gasteiger partial charge in [0.15, 0.2) is 0 Å². The summed E-state index contributed by atoms with van der Waals surface area (Å²) in [5.41, 5.74) is -0.692. The molecule has 0 unspecified atom stereocenters. The molecule has 1 amide bonds. The van der Waals surface area contributed by atoms with Crippen molar-refractivity contribution in [2.24, 2.45) is 0 Å². The molecule has 0 aromatic carbocycles. The van der Waals surface area contributed by atoms with Crippen molar-refractivity contribution >= 4 is 29.7 Å². The molecule has 0 saturated carbocycles. The van der Waals surface area contributed by atoms with E-state index in [9.17, 15) is 19.2 Å². The molecule has 0 saturated heterocycles. The number of methoxy groups -OCH3 is 1. The lowest BCUT2D eigenvalue weighted by Gasteiger charge is -2.15. The summed E-state index contributed by atoms with van der Waals surface area (Å²) in [7, 11) is 1.26. The molecule has 3 N–H and O–H groups in total. The molecule has 0 bridgehead atoms. The first-order valence-electron chi connectivity index (χ1n) is 7.86. The van der Waals surface area contributed by atoms with Crippen LogP contribution in [0.4, 0.5) is 0 Å². The molecule has 138 valence electrons. The van der Waals surface area contributed by atoms with Gasteiger partial charge in [0.1, 0.15) is 6.04 Å². The van der Waals surface area contributed by atoms with Crippen molar-refractivity contribution in [3.63, 3.8) is 0 Å². The minimum absolute atomic E-state index is 0.168. The number of hydrogen-bond donors (Lipinski definition) is 3. The van der Waals surface area contributed by atoms with Gasteiger partial charge < -0.3 is 15.0 Å². The highest BCUT2D eigenvalue weighted by atomic mass is 32.2. The summed E-state index contributed by atoms with van der Waals surface area (Å²) >= 11 is 1.56. The van der Waals surface area contributed by atoms with E-state index in [0.717, 1.165) is 24.7 Å². The average Bonchev–Trinajstić information content (AvgIpc) is 2.55. The zero-order chi connectivity index (χ0) is 18.8. The van der Waals surface area contributed by atoms with Gasteiger partial charge in [-0.1, -0.05) is 13.3 Å². The lowest BCUT2D eigenvalue weighted by molar-refractivity contribution is -0.143. The topological polar surface area (TPSA) is 121 Å². The van der Waals surface area contributed by atoms with Crippen molar-refractivity contribution in [1.29, 1.82) is 0 Å². The largest absolute Gasteiger partial charge is 0.467 e. The van der Waals surface area contributed by atoms with Crippen LogP contribution in [0.15, 0.2) is 15.7 Å². The van der Waals surface area contributed by atoms with Gasteiger partial charge in [-0.3, -0.25) is 14.6 Å². The maximum Gasteiger partial charge on any atom is 0.329 e. The maximum atomic E-state index is 12.0. The first-order chi connectivity index (χ1) is 11.9. The van der Waals surface area contributed by atoms with Gasteiger partial charge in [0.2, 0.25) is 5.91 Å². The number of ether oxygens (including phenoxy) is 1. The number of aromatic nitrogens is 2. The molecule has 1 heterocycles. The molecular weight excluding hydrogens is 346 g/mol. The SMILES string of the molecule is CCCCSC[C@@H](NC(=O)/C=C\c1c(C)[nH]c(=O)[nH]c1=O)C(=O)OC. The summed E-state index contributed by atoms with van der Waals surface area (Å²) in [5.74, 6) is 0.243. The van der Waals surface area contributed by atoms with E-state index in [1.165, 1.54) is 13.2 Å². The Morgan fingerprint density at radius 1 is 1.32 bits per heavy atom. The molecule has 0 radical (unpaired) electrons. The molecule has 0 aliphatic rings. The van der Waals surface area contributed by atoms with Gasteiger partial charge in [-0.25, -0.2) is 9.59 Å². The second-order valence-corrected chi connectivity index (χ2v) is 6.44. The normalized spacial score (nSPS) is 12.1. The van der Waals surface area contributed by atoms with Crippen LogP contribution in [0.5, 0.6) is 0 Å². The zero-order valence-electron chi connectivity index (χ0n) is 14.5. The van der Waals surface area contributed by atoms with E-state index in [-0.39, 0.29) is 5.56 Å². The number of thioether (sulfide) groups is 1. The maximum absolute atomic E-state index is 12.0. The van der Waals surface area contributed by atoms with Gasteiger partial charge in [0, 0.05) is 17.5 Å². The summed E-state index contributed by atoms with van der Waals surface area (Å²) in [6.45, 7) is 3.63. The predicted molar refractivity (Wildman–Crippen MR) is 97.6 cm³/mol. The van der Waals surface area contributed by atoms with Crippen LogP contribution in [-0.4, -0.2) is 46.5 Å². The number of rotatable bonds is 9. The number of nitrogens with one attached hydrogen (secondary N) is 3. The summed E-state index contributed by atoms with van der Waals surface area (Å²) in [4.78, 5) is 51.2. The lowest BCUT2D eigenvalue weighted by Crippen LogP contribution is -2.42. The van der Waals surface area contributed by atoms with E-state index in [4.69, 9.17) is 4.74 Å². The molecule has 0 aliphatic carbocycles. The summed E-state index contributed by atoms with van der Waals surface area (Å²) < 4.78 is 4.70. The summed E-state index contributed by atoms with van der Waals surface area (Å²) in [5, 5.41) is 2.56. The van der Waals surface area contributed by atoms with Gasteiger partial charge in [-0.05, 0) is 25.2 Å². The minimum atomic E-state index is -0.765. The molecule has 8 nitrogen and oxygen atoms in total. The van der Waals surface area contributed by atoms with Crippen LogP contribution in [0.1, 0.15) is 31.0 Å². The zero-order valence-corrected chi connectivity index (χ0v) is 15.3. The van der Waals surface area contributed by atoms with Crippen LogP contribution in [0.3, 0.4) is 0 Å². The highest BCUT2D eigenvalue weighted by Gasteiger charge is 2.20. The fourth-order valence-electron chi connectivity index (χ4n) is 1.95. The molecular formula is C16H23N3O5S. The highest BCUT2D eigenvalue weighted by molar-refractivity contribution is 7.99. The second kappa shape index (κ2) is 10.5. The first kappa shape index (κ1) is 20.8. The fraction of sp³-hybridized carbons (Fsp3) is 0.500. The number of aryl methyl sites for hydroxylation is 1. The number of hydrogen-bond acceptors (Lipinski definition) is 6. The van der Waals surface area contributed by atoms with Crippen molar-refractivity contribution in [3.8, 4) is 0 Å². The Morgan fingerprint density at radius 3 is 2.64 bits per heavy atom. The number of H-pyrrole nitrogens is 2. The Balaban J connectivity index is 2.75. The van der Waals surface area contributed by atoms with Crippen LogP contribution in [0.25, 0.3) is 6.08 Å². The summed E-state index contributed by atoms with van der Waals surface area (Å²) in [6.07, 6.45) is 4.51. The number of amides is 1. The quantitative estimate of drug-likeness (QED) is 0.332. The van der Waals surface area contributed by atoms with Crippen LogP contribution in [-0.2, 0) is 14.3 Å². The average molecular weight is 369 g/mol. The molecule has 1 atom stereocenters. The molecule has 0 aliphatic heterocycles. The molecule has 1 aromatic heterocycles. The van der Waals surface area contributed by atoms with Crippen LogP contribution in [0.2, 0.25) is 0 Å². The Bertz CT molecular complexity index is 738. The van der Waals surface area contributed by atoms with E-state index in [1.54, 1.807) is 18.7 Å². The van der Waals surface area contributed by atoms with Crippen LogP contribution >= 0.6 is 11.8 Å².